The molecule has 0 saturated heterocycles. The van der Waals surface area contributed by atoms with Gasteiger partial charge in [-0.05, 0) is 23.6 Å². The van der Waals surface area contributed by atoms with E-state index in [9.17, 15) is 4.79 Å². The van der Waals surface area contributed by atoms with Gasteiger partial charge < -0.3 is 0 Å². The highest BCUT2D eigenvalue weighted by molar-refractivity contribution is 6.31. The molecule has 0 aliphatic heterocycles. The van der Waals surface area contributed by atoms with Gasteiger partial charge in [-0.15, -0.1) is 0 Å². The van der Waals surface area contributed by atoms with Crippen LogP contribution in [0.4, 0.5) is 0 Å². The average Bonchev–Trinajstić information content (AvgIpc) is 2.26. The molecule has 0 radical (unpaired) electrons. The minimum absolute atomic E-state index is 0.173. The van der Waals surface area contributed by atoms with Gasteiger partial charge in [-0.3, -0.25) is 15.0 Å². The Balaban J connectivity index is 2.71. The summed E-state index contributed by atoms with van der Waals surface area (Å²) in [5.41, 5.74) is 1.73. The molecular weight excluding hydrogens is 216 g/mol. The van der Waals surface area contributed by atoms with Crippen LogP contribution in [0.5, 0.6) is 0 Å². The molecule has 0 aliphatic carbocycles. The van der Waals surface area contributed by atoms with Gasteiger partial charge in [-0.25, -0.2) is 5.48 Å². The van der Waals surface area contributed by atoms with Gasteiger partial charge in [0.2, 0.25) is 0 Å². The van der Waals surface area contributed by atoms with Crippen molar-refractivity contribution in [3.8, 4) is 0 Å². The number of carbonyl (C=O) groups is 1. The fourth-order valence-corrected chi connectivity index (χ4v) is 1.56. The van der Waals surface area contributed by atoms with E-state index in [0.29, 0.717) is 10.4 Å². The third kappa shape index (κ3) is 1.77. The lowest BCUT2D eigenvalue weighted by Gasteiger charge is -2.03. The second-order valence-corrected chi connectivity index (χ2v) is 3.40. The summed E-state index contributed by atoms with van der Waals surface area (Å²) in [5, 5.41) is 10.6. The summed E-state index contributed by atoms with van der Waals surface area (Å²) in [5.74, 6) is -0.636. The smallest absolute Gasteiger partial charge is 0.288 e. The molecule has 5 heteroatoms. The molecule has 0 unspecified atom stereocenters. The van der Waals surface area contributed by atoms with Crippen LogP contribution in [-0.2, 0) is 0 Å². The molecule has 0 aliphatic rings. The molecule has 2 N–H and O–H groups in total. The minimum atomic E-state index is -0.636. The van der Waals surface area contributed by atoms with Crippen LogP contribution < -0.4 is 5.48 Å². The average molecular weight is 223 g/mol. The zero-order chi connectivity index (χ0) is 10.8. The van der Waals surface area contributed by atoms with Crippen molar-refractivity contribution in [2.75, 3.05) is 0 Å². The number of benzene rings is 1. The van der Waals surface area contributed by atoms with Gasteiger partial charge in [0.15, 0.2) is 0 Å². The van der Waals surface area contributed by atoms with Crippen molar-refractivity contribution in [3.05, 3.63) is 41.2 Å². The van der Waals surface area contributed by atoms with Crippen LogP contribution in [0, 0.1) is 0 Å². The first kappa shape index (κ1) is 9.89. The number of nitrogens with one attached hydrogen (secondary N) is 1. The quantitative estimate of drug-likeness (QED) is 0.573. The van der Waals surface area contributed by atoms with Crippen molar-refractivity contribution >= 4 is 28.3 Å². The number of hydrogen-bond acceptors (Lipinski definition) is 3. The monoisotopic (exact) mass is 222 g/mol. The van der Waals surface area contributed by atoms with Crippen molar-refractivity contribution in [3.63, 3.8) is 0 Å². The lowest BCUT2D eigenvalue weighted by molar-refractivity contribution is 0.0703. The number of hydroxylamine groups is 1. The van der Waals surface area contributed by atoms with Crippen LogP contribution in [0.25, 0.3) is 10.8 Å². The molecule has 2 aromatic rings. The lowest BCUT2D eigenvalue weighted by Crippen LogP contribution is -2.20. The van der Waals surface area contributed by atoms with Crippen LogP contribution in [0.3, 0.4) is 0 Å². The third-order valence-electron chi connectivity index (χ3n) is 2.04. The van der Waals surface area contributed by atoms with Crippen LogP contribution in [0.2, 0.25) is 5.02 Å². The van der Waals surface area contributed by atoms with Crippen LogP contribution in [0.15, 0.2) is 30.5 Å². The summed E-state index contributed by atoms with van der Waals surface area (Å²) in [6, 6.07) is 6.83. The lowest BCUT2D eigenvalue weighted by atomic mass is 10.1. The number of nitrogens with zero attached hydrogens (tertiary/aromatic N) is 1. The van der Waals surface area contributed by atoms with Gasteiger partial charge in [-0.2, -0.15) is 0 Å². The Kier molecular flexibility index (Phi) is 2.53. The SMILES string of the molecule is O=C(NO)c1nccc2cc(Cl)ccc12. The summed E-state index contributed by atoms with van der Waals surface area (Å²) >= 11 is 5.81. The first-order valence-electron chi connectivity index (χ1n) is 4.21. The standard InChI is InChI=1S/C10H7ClN2O2/c11-7-1-2-8-6(5-7)3-4-12-9(8)10(14)13-15/h1-5,15H,(H,13,14). The normalized spacial score (nSPS) is 10.3. The Morgan fingerprint density at radius 3 is 2.93 bits per heavy atom. The van der Waals surface area contributed by atoms with E-state index in [4.69, 9.17) is 16.8 Å². The first-order valence-corrected chi connectivity index (χ1v) is 4.59. The number of aromatic nitrogens is 1. The van der Waals surface area contributed by atoms with E-state index >= 15 is 0 Å². The largest absolute Gasteiger partial charge is 0.293 e. The molecule has 1 heterocycles. The molecule has 2 rings (SSSR count). The van der Waals surface area contributed by atoms with Gasteiger partial charge in [-0.1, -0.05) is 17.7 Å². The molecule has 1 amide bonds. The zero-order valence-electron chi connectivity index (χ0n) is 7.57. The number of hydrogen-bond donors (Lipinski definition) is 2. The Labute approximate surface area is 90.5 Å². The number of halogens is 1. The molecule has 0 bridgehead atoms. The molecular formula is C10H7ClN2O2. The molecule has 0 saturated carbocycles. The predicted octanol–water partition coefficient (Wildman–Crippen LogP) is 2.01. The molecule has 15 heavy (non-hydrogen) atoms. The Bertz CT molecular complexity index is 528. The van der Waals surface area contributed by atoms with Crippen molar-refractivity contribution in [1.82, 2.24) is 10.5 Å². The van der Waals surface area contributed by atoms with Gasteiger partial charge >= 0.3 is 0 Å². The summed E-state index contributed by atoms with van der Waals surface area (Å²) < 4.78 is 0. The van der Waals surface area contributed by atoms with Gasteiger partial charge in [0.05, 0.1) is 0 Å². The number of fused-ring (bicyclic) bond motifs is 1. The maximum Gasteiger partial charge on any atom is 0.293 e. The molecule has 1 aromatic carbocycles. The number of rotatable bonds is 1. The van der Waals surface area contributed by atoms with E-state index < -0.39 is 5.91 Å². The zero-order valence-corrected chi connectivity index (χ0v) is 8.32. The van der Waals surface area contributed by atoms with Crippen molar-refractivity contribution in [2.24, 2.45) is 0 Å². The molecule has 0 atom stereocenters. The maximum absolute atomic E-state index is 11.3. The summed E-state index contributed by atoms with van der Waals surface area (Å²) in [4.78, 5) is 15.1. The second kappa shape index (κ2) is 3.84. The summed E-state index contributed by atoms with van der Waals surface area (Å²) in [6.45, 7) is 0. The predicted molar refractivity (Wildman–Crippen MR) is 56.0 cm³/mol. The van der Waals surface area contributed by atoms with E-state index in [-0.39, 0.29) is 5.69 Å². The van der Waals surface area contributed by atoms with E-state index in [1.807, 2.05) is 0 Å². The minimum Gasteiger partial charge on any atom is -0.288 e. The third-order valence-corrected chi connectivity index (χ3v) is 2.28. The van der Waals surface area contributed by atoms with Crippen molar-refractivity contribution in [2.45, 2.75) is 0 Å². The molecule has 0 fully saturated rings. The highest BCUT2D eigenvalue weighted by Gasteiger charge is 2.10. The summed E-state index contributed by atoms with van der Waals surface area (Å²) in [6.07, 6.45) is 1.49. The first-order chi connectivity index (χ1) is 7.22. The van der Waals surface area contributed by atoms with Gasteiger partial charge in [0.25, 0.3) is 5.91 Å². The van der Waals surface area contributed by atoms with E-state index in [1.165, 1.54) is 6.20 Å². The van der Waals surface area contributed by atoms with Crippen LogP contribution in [0.1, 0.15) is 10.5 Å². The Morgan fingerprint density at radius 2 is 2.20 bits per heavy atom. The van der Waals surface area contributed by atoms with Gasteiger partial charge in [0.1, 0.15) is 5.69 Å². The van der Waals surface area contributed by atoms with Crippen LogP contribution in [-0.4, -0.2) is 16.1 Å². The molecule has 1 aromatic heterocycles. The molecule has 0 spiro atoms. The molecule has 76 valence electrons. The summed E-state index contributed by atoms with van der Waals surface area (Å²) in [7, 11) is 0. The van der Waals surface area contributed by atoms with Crippen LogP contribution >= 0.6 is 11.6 Å². The fraction of sp³-hybridized carbons (Fsp3) is 0. The molecule has 4 nitrogen and oxygen atoms in total. The second-order valence-electron chi connectivity index (χ2n) is 2.97. The van der Waals surface area contributed by atoms with E-state index in [1.54, 1.807) is 29.7 Å². The van der Waals surface area contributed by atoms with Crippen molar-refractivity contribution < 1.29 is 10.0 Å². The Morgan fingerprint density at radius 1 is 1.40 bits per heavy atom. The van der Waals surface area contributed by atoms with E-state index in [0.717, 1.165) is 5.39 Å². The number of pyridine rings is 1. The highest BCUT2D eigenvalue weighted by Crippen LogP contribution is 2.20. The fourth-order valence-electron chi connectivity index (χ4n) is 1.38. The number of carbonyl (C=O) groups excluding carboxylic acids is 1. The number of amides is 1. The Hall–Kier alpha value is -1.65. The topological polar surface area (TPSA) is 62.2 Å². The maximum atomic E-state index is 11.3. The van der Waals surface area contributed by atoms with Crippen molar-refractivity contribution in [1.29, 1.82) is 0 Å². The van der Waals surface area contributed by atoms with E-state index in [2.05, 4.69) is 4.98 Å². The highest BCUT2D eigenvalue weighted by atomic mass is 35.5. The van der Waals surface area contributed by atoms with Gasteiger partial charge in [0, 0.05) is 16.6 Å².